The minimum atomic E-state index is -0.249. The number of aromatic amines is 1. The molecule has 1 aromatic rings. The monoisotopic (exact) mass is 235 g/mol. The van der Waals surface area contributed by atoms with Crippen molar-refractivity contribution < 1.29 is 9.59 Å². The van der Waals surface area contributed by atoms with Crippen molar-refractivity contribution in [2.24, 2.45) is 11.7 Å². The van der Waals surface area contributed by atoms with Gasteiger partial charge in [0.2, 0.25) is 11.8 Å². The highest BCUT2D eigenvalue weighted by atomic mass is 16.2. The van der Waals surface area contributed by atoms with Gasteiger partial charge in [-0.2, -0.15) is 0 Å². The molecular weight excluding hydrogens is 218 g/mol. The summed E-state index contributed by atoms with van der Waals surface area (Å²) in [4.78, 5) is 27.8. The van der Waals surface area contributed by atoms with E-state index in [1.807, 2.05) is 18.3 Å². The molecule has 1 aliphatic heterocycles. The van der Waals surface area contributed by atoms with Crippen LogP contribution in [-0.4, -0.2) is 34.8 Å². The number of nitrogens with zero attached hydrogens (tertiary/aromatic N) is 1. The van der Waals surface area contributed by atoms with E-state index in [-0.39, 0.29) is 17.7 Å². The minimum absolute atomic E-state index is 0.0652. The van der Waals surface area contributed by atoms with Crippen molar-refractivity contribution in [3.8, 4) is 0 Å². The number of rotatable bonds is 3. The predicted molar refractivity (Wildman–Crippen MR) is 63.0 cm³/mol. The first-order valence-corrected chi connectivity index (χ1v) is 5.86. The fourth-order valence-electron chi connectivity index (χ4n) is 2.17. The number of hydrogen-bond donors (Lipinski definition) is 2. The summed E-state index contributed by atoms with van der Waals surface area (Å²) in [5, 5.41) is 0. The first-order chi connectivity index (χ1) is 8.16. The number of aromatic nitrogens is 1. The number of primary amides is 1. The van der Waals surface area contributed by atoms with E-state index in [2.05, 4.69) is 4.98 Å². The van der Waals surface area contributed by atoms with Gasteiger partial charge in [0, 0.05) is 30.9 Å². The molecule has 5 heteroatoms. The summed E-state index contributed by atoms with van der Waals surface area (Å²) in [6, 6.07) is 3.77. The predicted octanol–water partition coefficient (Wildman–Crippen LogP) is 0.281. The fourth-order valence-corrected chi connectivity index (χ4v) is 2.17. The molecule has 0 spiro atoms. The van der Waals surface area contributed by atoms with Gasteiger partial charge in [0.15, 0.2) is 0 Å². The number of nitrogens with one attached hydrogen (secondary N) is 1. The molecule has 5 nitrogen and oxygen atoms in total. The average Bonchev–Trinajstić information content (AvgIpc) is 2.82. The summed E-state index contributed by atoms with van der Waals surface area (Å²) >= 11 is 0. The summed E-state index contributed by atoms with van der Waals surface area (Å²) < 4.78 is 0. The van der Waals surface area contributed by atoms with Crippen LogP contribution in [0.3, 0.4) is 0 Å². The van der Waals surface area contributed by atoms with Crippen molar-refractivity contribution in [1.29, 1.82) is 0 Å². The van der Waals surface area contributed by atoms with Gasteiger partial charge in [-0.1, -0.05) is 0 Å². The molecule has 0 unspecified atom stereocenters. The molecule has 2 amide bonds. The van der Waals surface area contributed by atoms with Crippen molar-refractivity contribution in [2.75, 3.05) is 13.1 Å². The Kier molecular flexibility index (Phi) is 3.46. The molecule has 2 rings (SSSR count). The molecule has 0 aliphatic carbocycles. The van der Waals surface area contributed by atoms with E-state index < -0.39 is 0 Å². The van der Waals surface area contributed by atoms with Crippen LogP contribution in [0.2, 0.25) is 0 Å². The zero-order valence-electron chi connectivity index (χ0n) is 9.69. The summed E-state index contributed by atoms with van der Waals surface area (Å²) in [6.07, 6.45) is 3.58. The second-order valence-corrected chi connectivity index (χ2v) is 4.43. The highest BCUT2D eigenvalue weighted by Crippen LogP contribution is 2.17. The number of carbonyl (C=O) groups excluding carboxylic acids is 2. The van der Waals surface area contributed by atoms with E-state index in [1.165, 1.54) is 0 Å². The van der Waals surface area contributed by atoms with E-state index in [1.54, 1.807) is 4.90 Å². The van der Waals surface area contributed by atoms with E-state index in [4.69, 9.17) is 5.73 Å². The Morgan fingerprint density at radius 3 is 2.65 bits per heavy atom. The Balaban J connectivity index is 1.84. The van der Waals surface area contributed by atoms with Gasteiger partial charge in [-0.05, 0) is 25.0 Å². The van der Waals surface area contributed by atoms with Crippen LogP contribution in [0.5, 0.6) is 0 Å². The van der Waals surface area contributed by atoms with Crippen LogP contribution in [0.4, 0.5) is 0 Å². The maximum absolute atomic E-state index is 11.9. The lowest BCUT2D eigenvalue weighted by molar-refractivity contribution is -0.134. The Bertz CT molecular complexity index is 392. The van der Waals surface area contributed by atoms with Crippen LogP contribution in [-0.2, 0) is 16.0 Å². The lowest BCUT2D eigenvalue weighted by Crippen LogP contribution is -2.42. The Morgan fingerprint density at radius 1 is 1.41 bits per heavy atom. The second kappa shape index (κ2) is 5.03. The minimum Gasteiger partial charge on any atom is -0.369 e. The van der Waals surface area contributed by atoms with E-state index in [0.29, 0.717) is 32.4 Å². The van der Waals surface area contributed by atoms with E-state index in [0.717, 1.165) is 5.69 Å². The number of nitrogens with two attached hydrogens (primary N) is 1. The molecule has 1 saturated heterocycles. The standard InChI is InChI=1S/C12H17N3O2/c13-12(17)9-3-6-15(7-4-9)11(16)8-10-2-1-5-14-10/h1-2,5,9,14H,3-4,6-8H2,(H2,13,17). The van der Waals surface area contributed by atoms with Gasteiger partial charge in [-0.25, -0.2) is 0 Å². The number of hydrogen-bond acceptors (Lipinski definition) is 2. The van der Waals surface area contributed by atoms with Crippen molar-refractivity contribution in [3.63, 3.8) is 0 Å². The van der Waals surface area contributed by atoms with Crippen LogP contribution < -0.4 is 5.73 Å². The molecule has 0 saturated carbocycles. The van der Waals surface area contributed by atoms with E-state index >= 15 is 0 Å². The molecule has 0 aromatic carbocycles. The molecule has 2 heterocycles. The molecule has 1 aromatic heterocycles. The van der Waals surface area contributed by atoms with Crippen LogP contribution in [0.1, 0.15) is 18.5 Å². The van der Waals surface area contributed by atoms with Crippen molar-refractivity contribution in [1.82, 2.24) is 9.88 Å². The fraction of sp³-hybridized carbons (Fsp3) is 0.500. The molecule has 1 aliphatic rings. The first-order valence-electron chi connectivity index (χ1n) is 5.86. The number of piperidine rings is 1. The summed E-state index contributed by atoms with van der Waals surface area (Å²) in [7, 11) is 0. The van der Waals surface area contributed by atoms with Crippen molar-refractivity contribution >= 4 is 11.8 Å². The molecule has 0 atom stereocenters. The van der Waals surface area contributed by atoms with Crippen molar-refractivity contribution in [3.05, 3.63) is 24.0 Å². The van der Waals surface area contributed by atoms with Crippen LogP contribution in [0.25, 0.3) is 0 Å². The van der Waals surface area contributed by atoms with Gasteiger partial charge in [-0.3, -0.25) is 9.59 Å². The summed E-state index contributed by atoms with van der Waals surface area (Å²) in [6.45, 7) is 1.26. The van der Waals surface area contributed by atoms with Gasteiger partial charge in [0.25, 0.3) is 0 Å². The SMILES string of the molecule is NC(=O)C1CCN(C(=O)Cc2ccc[nH]2)CC1. The molecular formula is C12H17N3O2. The molecule has 0 bridgehead atoms. The third kappa shape index (κ3) is 2.87. The number of carbonyl (C=O) groups is 2. The smallest absolute Gasteiger partial charge is 0.228 e. The second-order valence-electron chi connectivity index (χ2n) is 4.43. The van der Waals surface area contributed by atoms with Gasteiger partial charge in [0.1, 0.15) is 0 Å². The highest BCUT2D eigenvalue weighted by Gasteiger charge is 2.25. The van der Waals surface area contributed by atoms with Gasteiger partial charge < -0.3 is 15.6 Å². The Morgan fingerprint density at radius 2 is 2.12 bits per heavy atom. The maximum Gasteiger partial charge on any atom is 0.228 e. The van der Waals surface area contributed by atoms with Crippen LogP contribution >= 0.6 is 0 Å². The van der Waals surface area contributed by atoms with Gasteiger partial charge >= 0.3 is 0 Å². The van der Waals surface area contributed by atoms with Gasteiger partial charge in [-0.15, -0.1) is 0 Å². The molecule has 0 radical (unpaired) electrons. The lowest BCUT2D eigenvalue weighted by Gasteiger charge is -2.30. The Hall–Kier alpha value is -1.78. The molecule has 17 heavy (non-hydrogen) atoms. The summed E-state index contributed by atoms with van der Waals surface area (Å²) in [5.41, 5.74) is 6.17. The topological polar surface area (TPSA) is 79.2 Å². The van der Waals surface area contributed by atoms with E-state index in [9.17, 15) is 9.59 Å². The molecule has 3 N–H and O–H groups in total. The first kappa shape index (κ1) is 11.7. The number of likely N-dealkylation sites (tertiary alicyclic amines) is 1. The largest absolute Gasteiger partial charge is 0.369 e. The number of H-pyrrole nitrogens is 1. The average molecular weight is 235 g/mol. The zero-order chi connectivity index (χ0) is 12.3. The lowest BCUT2D eigenvalue weighted by atomic mass is 9.96. The number of amides is 2. The maximum atomic E-state index is 11.9. The van der Waals surface area contributed by atoms with Crippen LogP contribution in [0.15, 0.2) is 18.3 Å². The third-order valence-corrected chi connectivity index (χ3v) is 3.25. The zero-order valence-corrected chi connectivity index (χ0v) is 9.69. The van der Waals surface area contributed by atoms with Gasteiger partial charge in [0.05, 0.1) is 6.42 Å². The van der Waals surface area contributed by atoms with Crippen LogP contribution in [0, 0.1) is 5.92 Å². The highest BCUT2D eigenvalue weighted by molar-refractivity contribution is 5.80. The molecule has 1 fully saturated rings. The normalized spacial score (nSPS) is 17.1. The van der Waals surface area contributed by atoms with Crippen molar-refractivity contribution in [2.45, 2.75) is 19.3 Å². The third-order valence-electron chi connectivity index (χ3n) is 3.25. The Labute approximate surface area is 100.0 Å². The quantitative estimate of drug-likeness (QED) is 0.789. The summed E-state index contributed by atoms with van der Waals surface area (Å²) in [5.74, 6) is -0.207. The molecule has 92 valence electrons.